The number of aliphatic carboxylic acids is 1. The van der Waals surface area contributed by atoms with Crippen LogP contribution in [-0.4, -0.2) is 98.5 Å². The number of likely N-dealkylation sites (tertiary alicyclic amines) is 1. The van der Waals surface area contributed by atoms with E-state index in [1.807, 2.05) is 0 Å². The van der Waals surface area contributed by atoms with Gasteiger partial charge in [-0.15, -0.1) is 0 Å². The molecule has 1 saturated heterocycles. The van der Waals surface area contributed by atoms with Crippen molar-refractivity contribution >= 4 is 23.7 Å². The van der Waals surface area contributed by atoms with Gasteiger partial charge in [0.25, 0.3) is 0 Å². The lowest BCUT2D eigenvalue weighted by Crippen LogP contribution is -2.61. The van der Waals surface area contributed by atoms with E-state index in [-0.39, 0.29) is 13.0 Å². The van der Waals surface area contributed by atoms with Crippen LogP contribution in [0.15, 0.2) is 0 Å². The van der Waals surface area contributed by atoms with Gasteiger partial charge < -0.3 is 41.7 Å². The van der Waals surface area contributed by atoms with Crippen molar-refractivity contribution in [1.29, 1.82) is 0 Å². The Balaban J connectivity index is 2.85. The first-order valence-corrected chi connectivity index (χ1v) is 8.87. The molecule has 0 aromatic rings. The number of nitrogens with one attached hydrogen (secondary N) is 2. The molecule has 0 aromatic heterocycles. The number of amides is 3. The van der Waals surface area contributed by atoms with E-state index in [1.54, 1.807) is 0 Å². The fourth-order valence-electron chi connectivity index (χ4n) is 2.81. The summed E-state index contributed by atoms with van der Waals surface area (Å²) < 4.78 is 0. The summed E-state index contributed by atoms with van der Waals surface area (Å²) in [5.74, 6) is -3.83. The molecule has 12 heteroatoms. The quantitative estimate of drug-likeness (QED) is 0.200. The number of carboxylic acids is 1. The van der Waals surface area contributed by atoms with Gasteiger partial charge in [0.05, 0.1) is 18.8 Å². The molecule has 0 saturated carbocycles. The van der Waals surface area contributed by atoms with Crippen LogP contribution in [0.25, 0.3) is 0 Å². The number of carbonyl (C=O) groups is 4. The minimum atomic E-state index is -1.51. The molecule has 0 radical (unpaired) electrons. The maximum atomic E-state index is 12.5. The monoisotopic (exact) mass is 404 g/mol. The molecule has 8 N–H and O–H groups in total. The molecule has 1 aliphatic heterocycles. The second kappa shape index (κ2) is 10.3. The van der Waals surface area contributed by atoms with Gasteiger partial charge in [-0.1, -0.05) is 0 Å². The zero-order valence-electron chi connectivity index (χ0n) is 15.7. The van der Waals surface area contributed by atoms with Crippen LogP contribution < -0.4 is 16.4 Å². The van der Waals surface area contributed by atoms with E-state index >= 15 is 0 Å². The molecule has 28 heavy (non-hydrogen) atoms. The highest BCUT2D eigenvalue weighted by atomic mass is 16.4. The first kappa shape index (κ1) is 23.8. The second-order valence-corrected chi connectivity index (χ2v) is 6.76. The topological polar surface area (TPSA) is 203 Å². The number of aliphatic hydroxyl groups excluding tert-OH is 3. The summed E-state index contributed by atoms with van der Waals surface area (Å²) >= 11 is 0. The van der Waals surface area contributed by atoms with Crippen molar-refractivity contribution in [3.05, 3.63) is 0 Å². The van der Waals surface area contributed by atoms with Gasteiger partial charge in [-0.25, -0.2) is 4.79 Å². The predicted octanol–water partition coefficient (Wildman–Crippen LogP) is -3.89. The summed E-state index contributed by atoms with van der Waals surface area (Å²) in [6, 6.07) is -5.34. The molecule has 0 aliphatic carbocycles. The average Bonchev–Trinajstić information content (AvgIpc) is 3.12. The molecule has 0 spiro atoms. The van der Waals surface area contributed by atoms with Gasteiger partial charge in [0, 0.05) is 6.54 Å². The molecule has 0 aromatic carbocycles. The highest BCUT2D eigenvalue weighted by molar-refractivity contribution is 5.94. The van der Waals surface area contributed by atoms with Crippen molar-refractivity contribution in [2.45, 2.75) is 63.1 Å². The molecule has 1 aliphatic rings. The molecular weight excluding hydrogens is 376 g/mol. The minimum Gasteiger partial charge on any atom is -0.480 e. The van der Waals surface area contributed by atoms with Crippen LogP contribution in [0.3, 0.4) is 0 Å². The van der Waals surface area contributed by atoms with Gasteiger partial charge >= 0.3 is 5.97 Å². The van der Waals surface area contributed by atoms with E-state index in [0.717, 1.165) is 4.90 Å². The van der Waals surface area contributed by atoms with Crippen molar-refractivity contribution in [2.75, 3.05) is 13.2 Å². The number of hydrogen-bond donors (Lipinski definition) is 7. The van der Waals surface area contributed by atoms with Crippen LogP contribution in [-0.2, 0) is 19.2 Å². The van der Waals surface area contributed by atoms with Gasteiger partial charge in [-0.2, -0.15) is 0 Å². The Morgan fingerprint density at radius 2 is 1.71 bits per heavy atom. The van der Waals surface area contributed by atoms with E-state index in [0.29, 0.717) is 6.42 Å². The largest absolute Gasteiger partial charge is 0.480 e. The van der Waals surface area contributed by atoms with E-state index in [2.05, 4.69) is 10.6 Å². The molecule has 1 fully saturated rings. The summed E-state index contributed by atoms with van der Waals surface area (Å²) in [6.07, 6.45) is -1.85. The zero-order chi connectivity index (χ0) is 21.6. The van der Waals surface area contributed by atoms with Gasteiger partial charge in [0.1, 0.15) is 24.2 Å². The Morgan fingerprint density at radius 3 is 2.18 bits per heavy atom. The maximum Gasteiger partial charge on any atom is 0.326 e. The van der Waals surface area contributed by atoms with E-state index in [1.165, 1.54) is 13.8 Å². The van der Waals surface area contributed by atoms with Crippen molar-refractivity contribution < 1.29 is 39.6 Å². The Bertz CT molecular complexity index is 597. The number of hydrogen-bond acceptors (Lipinski definition) is 8. The summed E-state index contributed by atoms with van der Waals surface area (Å²) in [5.41, 5.74) is 5.48. The van der Waals surface area contributed by atoms with Crippen LogP contribution in [0.5, 0.6) is 0 Å². The Labute approximate surface area is 161 Å². The maximum absolute atomic E-state index is 12.5. The van der Waals surface area contributed by atoms with Crippen molar-refractivity contribution in [3.63, 3.8) is 0 Å². The Hall–Kier alpha value is -2.28. The number of carbonyl (C=O) groups excluding carboxylic acids is 3. The molecule has 1 heterocycles. The summed E-state index contributed by atoms with van der Waals surface area (Å²) in [7, 11) is 0. The normalized spacial score (nSPS) is 21.9. The molecule has 0 bridgehead atoms. The van der Waals surface area contributed by atoms with Gasteiger partial charge in [0.2, 0.25) is 17.7 Å². The third kappa shape index (κ3) is 5.86. The van der Waals surface area contributed by atoms with Crippen LogP contribution in [0.2, 0.25) is 0 Å². The number of rotatable bonds is 9. The second-order valence-electron chi connectivity index (χ2n) is 6.76. The Kier molecular flexibility index (Phi) is 8.75. The van der Waals surface area contributed by atoms with Crippen LogP contribution in [0.1, 0.15) is 26.7 Å². The molecular formula is C16H28N4O8. The van der Waals surface area contributed by atoms with Gasteiger partial charge in [-0.05, 0) is 26.7 Å². The Morgan fingerprint density at radius 1 is 1.11 bits per heavy atom. The van der Waals surface area contributed by atoms with Crippen LogP contribution in [0.4, 0.5) is 0 Å². The van der Waals surface area contributed by atoms with E-state index in [4.69, 9.17) is 10.8 Å². The predicted molar refractivity (Wildman–Crippen MR) is 94.7 cm³/mol. The van der Waals surface area contributed by atoms with Crippen molar-refractivity contribution in [2.24, 2.45) is 5.73 Å². The zero-order valence-corrected chi connectivity index (χ0v) is 15.7. The molecule has 1 rings (SSSR count). The summed E-state index contributed by atoms with van der Waals surface area (Å²) in [6.45, 7) is 1.86. The molecule has 160 valence electrons. The number of nitrogens with zero attached hydrogens (tertiary/aromatic N) is 1. The van der Waals surface area contributed by atoms with Crippen molar-refractivity contribution in [1.82, 2.24) is 15.5 Å². The smallest absolute Gasteiger partial charge is 0.326 e. The lowest BCUT2D eigenvalue weighted by atomic mass is 10.1. The lowest BCUT2D eigenvalue weighted by Gasteiger charge is -2.28. The number of aliphatic hydroxyl groups is 3. The SMILES string of the molecule is CC(O)C(N)C(=O)NC(C(=O)NC(CO)C(=O)N1CCCC1C(=O)O)C(C)O. The van der Waals surface area contributed by atoms with Gasteiger partial charge in [0.15, 0.2) is 0 Å². The first-order valence-electron chi connectivity index (χ1n) is 8.87. The standard InChI is InChI=1S/C16H28N4O8/c1-7(22)11(17)13(24)19-12(8(2)23)14(25)18-9(6-21)15(26)20-5-3-4-10(20)16(27)28/h7-12,21-23H,3-6,17H2,1-2H3,(H,18,25)(H,19,24)(H,27,28). The van der Waals surface area contributed by atoms with E-state index < -0.39 is 66.7 Å². The lowest BCUT2D eigenvalue weighted by molar-refractivity contribution is -0.150. The molecule has 6 unspecified atom stereocenters. The highest BCUT2D eigenvalue weighted by Gasteiger charge is 2.38. The average molecular weight is 404 g/mol. The third-order valence-electron chi connectivity index (χ3n) is 4.50. The summed E-state index contributed by atoms with van der Waals surface area (Å²) in [4.78, 5) is 49.2. The highest BCUT2D eigenvalue weighted by Crippen LogP contribution is 2.18. The fraction of sp³-hybridized carbons (Fsp3) is 0.750. The molecule has 12 nitrogen and oxygen atoms in total. The number of nitrogens with two attached hydrogens (primary N) is 1. The summed E-state index contributed by atoms with van der Waals surface area (Å²) in [5, 5.41) is 42.2. The van der Waals surface area contributed by atoms with E-state index in [9.17, 15) is 34.5 Å². The van der Waals surface area contributed by atoms with Crippen LogP contribution >= 0.6 is 0 Å². The van der Waals surface area contributed by atoms with Crippen molar-refractivity contribution in [3.8, 4) is 0 Å². The molecule has 6 atom stereocenters. The fourth-order valence-corrected chi connectivity index (χ4v) is 2.81. The number of carboxylic acid groups (broad SMARTS) is 1. The van der Waals surface area contributed by atoms with Crippen LogP contribution in [0, 0.1) is 0 Å². The molecule has 3 amide bonds. The van der Waals surface area contributed by atoms with Gasteiger partial charge in [-0.3, -0.25) is 14.4 Å². The minimum absolute atomic E-state index is 0.169. The first-order chi connectivity index (χ1) is 13.0. The third-order valence-corrected chi connectivity index (χ3v) is 4.50.